The van der Waals surface area contributed by atoms with E-state index in [1.807, 2.05) is 0 Å². The monoisotopic (exact) mass is 398 g/mol. The summed E-state index contributed by atoms with van der Waals surface area (Å²) < 4.78 is 23.6. The number of esters is 1. The van der Waals surface area contributed by atoms with Gasteiger partial charge < -0.3 is 9.47 Å². The first-order valence-electron chi connectivity index (χ1n) is 8.22. The summed E-state index contributed by atoms with van der Waals surface area (Å²) in [7, 11) is 1.32. The highest BCUT2D eigenvalue weighted by Gasteiger charge is 2.21. The van der Waals surface area contributed by atoms with E-state index in [9.17, 15) is 18.8 Å². The molecule has 3 rings (SSSR count). The molecule has 0 aliphatic rings. The first-order valence-corrected chi connectivity index (χ1v) is 9.10. The fraction of sp³-hybridized carbons (Fsp3) is 0.0952. The van der Waals surface area contributed by atoms with Gasteiger partial charge in [0.15, 0.2) is 24.0 Å². The summed E-state index contributed by atoms with van der Waals surface area (Å²) in [4.78, 5) is 37.7. The molecule has 0 spiro atoms. The SMILES string of the molecule is COc1ccc(C(=O)COC(=O)c2ccccc2C(=O)c2cccs2)cc1F. The van der Waals surface area contributed by atoms with Gasteiger partial charge in [0, 0.05) is 11.1 Å². The normalized spacial score (nSPS) is 10.4. The Labute approximate surface area is 164 Å². The molecule has 0 N–H and O–H groups in total. The van der Waals surface area contributed by atoms with Crippen LogP contribution in [0.15, 0.2) is 60.0 Å². The number of carbonyl (C=O) groups is 3. The molecular weight excluding hydrogens is 383 g/mol. The van der Waals surface area contributed by atoms with E-state index in [1.165, 1.54) is 42.7 Å². The minimum atomic E-state index is -0.803. The summed E-state index contributed by atoms with van der Waals surface area (Å²) >= 11 is 1.26. The molecule has 0 aliphatic carbocycles. The van der Waals surface area contributed by atoms with Gasteiger partial charge in [0.25, 0.3) is 0 Å². The maximum absolute atomic E-state index is 13.7. The number of rotatable bonds is 7. The largest absolute Gasteiger partial charge is 0.494 e. The summed E-state index contributed by atoms with van der Waals surface area (Å²) in [5.74, 6) is -2.35. The second kappa shape index (κ2) is 8.58. The average Bonchev–Trinajstić information content (AvgIpc) is 3.26. The minimum absolute atomic E-state index is 0.00885. The Morgan fingerprint density at radius 2 is 1.75 bits per heavy atom. The molecule has 0 fully saturated rings. The number of thiophene rings is 1. The molecular formula is C21H15FO5S. The molecule has 0 atom stereocenters. The van der Waals surface area contributed by atoms with Crippen molar-refractivity contribution in [3.05, 3.63) is 87.4 Å². The van der Waals surface area contributed by atoms with Crippen molar-refractivity contribution in [3.8, 4) is 5.75 Å². The summed E-state index contributed by atoms with van der Waals surface area (Å²) in [5, 5.41) is 1.76. The van der Waals surface area contributed by atoms with E-state index in [-0.39, 0.29) is 28.2 Å². The van der Waals surface area contributed by atoms with Gasteiger partial charge in [-0.3, -0.25) is 9.59 Å². The maximum Gasteiger partial charge on any atom is 0.339 e. The molecule has 7 heteroatoms. The fourth-order valence-electron chi connectivity index (χ4n) is 2.53. The van der Waals surface area contributed by atoms with E-state index in [1.54, 1.807) is 29.6 Å². The average molecular weight is 398 g/mol. The first kappa shape index (κ1) is 19.4. The van der Waals surface area contributed by atoms with Gasteiger partial charge in [-0.25, -0.2) is 9.18 Å². The predicted octanol–water partition coefficient (Wildman–Crippen LogP) is 4.17. The van der Waals surface area contributed by atoms with Crippen molar-refractivity contribution in [3.63, 3.8) is 0 Å². The van der Waals surface area contributed by atoms with Gasteiger partial charge in [0.05, 0.1) is 17.6 Å². The smallest absolute Gasteiger partial charge is 0.339 e. The second-order valence-electron chi connectivity index (χ2n) is 5.70. The van der Waals surface area contributed by atoms with E-state index in [0.717, 1.165) is 6.07 Å². The molecule has 0 amide bonds. The van der Waals surface area contributed by atoms with Crippen LogP contribution in [0.25, 0.3) is 0 Å². The van der Waals surface area contributed by atoms with Crippen LogP contribution in [0.3, 0.4) is 0 Å². The van der Waals surface area contributed by atoms with Gasteiger partial charge in [0.2, 0.25) is 5.78 Å². The number of methoxy groups -OCH3 is 1. The number of halogens is 1. The topological polar surface area (TPSA) is 69.7 Å². The van der Waals surface area contributed by atoms with Crippen LogP contribution in [-0.2, 0) is 4.74 Å². The summed E-state index contributed by atoms with van der Waals surface area (Å²) in [6.45, 7) is -0.577. The molecule has 1 aromatic heterocycles. The van der Waals surface area contributed by atoms with Crippen molar-refractivity contribution in [2.24, 2.45) is 0 Å². The summed E-state index contributed by atoms with van der Waals surface area (Å²) in [6.07, 6.45) is 0. The van der Waals surface area contributed by atoms with Crippen molar-refractivity contribution in [2.45, 2.75) is 0 Å². The lowest BCUT2D eigenvalue weighted by atomic mass is 10.0. The van der Waals surface area contributed by atoms with Crippen molar-refractivity contribution in [1.82, 2.24) is 0 Å². The molecule has 0 saturated carbocycles. The molecule has 28 heavy (non-hydrogen) atoms. The Morgan fingerprint density at radius 1 is 1.00 bits per heavy atom. The van der Waals surface area contributed by atoms with Crippen molar-refractivity contribution in [1.29, 1.82) is 0 Å². The number of ketones is 2. The number of ether oxygens (including phenoxy) is 2. The lowest BCUT2D eigenvalue weighted by Crippen LogP contribution is -2.17. The molecule has 1 heterocycles. The van der Waals surface area contributed by atoms with Crippen LogP contribution in [0, 0.1) is 5.82 Å². The number of hydrogen-bond acceptors (Lipinski definition) is 6. The molecule has 0 aliphatic heterocycles. The third-order valence-electron chi connectivity index (χ3n) is 3.94. The summed E-state index contributed by atoms with van der Waals surface area (Å²) in [6, 6.07) is 13.3. The molecule has 0 bridgehead atoms. The molecule has 2 aromatic carbocycles. The van der Waals surface area contributed by atoms with E-state index in [4.69, 9.17) is 9.47 Å². The highest BCUT2D eigenvalue weighted by molar-refractivity contribution is 7.12. The van der Waals surface area contributed by atoms with Crippen LogP contribution in [0.4, 0.5) is 4.39 Å². The van der Waals surface area contributed by atoms with Crippen molar-refractivity contribution in [2.75, 3.05) is 13.7 Å². The van der Waals surface area contributed by atoms with Crippen LogP contribution < -0.4 is 4.74 Å². The minimum Gasteiger partial charge on any atom is -0.494 e. The number of hydrogen-bond donors (Lipinski definition) is 0. The first-order chi connectivity index (χ1) is 13.5. The van der Waals surface area contributed by atoms with Crippen LogP contribution in [-0.4, -0.2) is 31.3 Å². The Morgan fingerprint density at radius 3 is 2.39 bits per heavy atom. The Hall–Kier alpha value is -3.32. The van der Waals surface area contributed by atoms with Crippen molar-refractivity contribution >= 4 is 28.9 Å². The number of benzene rings is 2. The lowest BCUT2D eigenvalue weighted by Gasteiger charge is -2.09. The maximum atomic E-state index is 13.7. The molecule has 0 radical (unpaired) electrons. The van der Waals surface area contributed by atoms with Crippen LogP contribution in [0.2, 0.25) is 0 Å². The lowest BCUT2D eigenvalue weighted by molar-refractivity contribution is 0.0473. The van der Waals surface area contributed by atoms with Crippen LogP contribution >= 0.6 is 11.3 Å². The zero-order valence-electron chi connectivity index (χ0n) is 14.8. The van der Waals surface area contributed by atoms with Gasteiger partial charge >= 0.3 is 5.97 Å². The van der Waals surface area contributed by atoms with Gasteiger partial charge in [0.1, 0.15) is 0 Å². The van der Waals surface area contributed by atoms with Gasteiger partial charge in [-0.2, -0.15) is 0 Å². The highest BCUT2D eigenvalue weighted by atomic mass is 32.1. The third-order valence-corrected chi connectivity index (χ3v) is 4.81. The van der Waals surface area contributed by atoms with Crippen LogP contribution in [0.1, 0.15) is 36.0 Å². The zero-order valence-corrected chi connectivity index (χ0v) is 15.6. The number of Topliss-reactive ketones (excluding diaryl/α,β-unsaturated/α-hetero) is 1. The Bertz CT molecular complexity index is 1030. The van der Waals surface area contributed by atoms with Crippen LogP contribution in [0.5, 0.6) is 5.75 Å². The van der Waals surface area contributed by atoms with Gasteiger partial charge in [-0.15, -0.1) is 11.3 Å². The Balaban J connectivity index is 1.73. The van der Waals surface area contributed by atoms with Gasteiger partial charge in [-0.1, -0.05) is 24.3 Å². The zero-order chi connectivity index (χ0) is 20.1. The molecule has 142 valence electrons. The Kier molecular flexibility index (Phi) is 5.96. The van der Waals surface area contributed by atoms with E-state index >= 15 is 0 Å². The molecule has 3 aromatic rings. The molecule has 0 unspecified atom stereocenters. The molecule has 0 saturated heterocycles. The van der Waals surface area contributed by atoms with E-state index in [0.29, 0.717) is 4.88 Å². The molecule has 5 nitrogen and oxygen atoms in total. The third kappa shape index (κ3) is 4.15. The predicted molar refractivity (Wildman–Crippen MR) is 102 cm³/mol. The highest BCUT2D eigenvalue weighted by Crippen LogP contribution is 2.20. The van der Waals surface area contributed by atoms with E-state index in [2.05, 4.69) is 0 Å². The van der Waals surface area contributed by atoms with Crippen molar-refractivity contribution < 1.29 is 28.2 Å². The van der Waals surface area contributed by atoms with E-state index < -0.39 is 24.2 Å². The van der Waals surface area contributed by atoms with Gasteiger partial charge in [-0.05, 0) is 35.7 Å². The summed E-state index contributed by atoms with van der Waals surface area (Å²) in [5.41, 5.74) is 0.307. The standard InChI is InChI=1S/C21H15FO5S/c1-26-18-9-8-13(11-16(18)22)17(23)12-27-21(25)15-6-3-2-5-14(15)20(24)19-7-4-10-28-19/h2-11H,12H2,1H3. The quantitative estimate of drug-likeness (QED) is 0.441. The fourth-order valence-corrected chi connectivity index (χ4v) is 3.21. The second-order valence-corrected chi connectivity index (χ2v) is 6.65. The number of carbonyl (C=O) groups excluding carboxylic acids is 3.